The Kier molecular flexibility index (Phi) is 7.08. The third-order valence-corrected chi connectivity index (χ3v) is 3.17. The van der Waals surface area contributed by atoms with Crippen LogP contribution < -0.4 is 5.73 Å². The smallest absolute Gasteiger partial charge is 0.307 e. The summed E-state index contributed by atoms with van der Waals surface area (Å²) in [6, 6.07) is 2.68. The zero-order valence-corrected chi connectivity index (χ0v) is 12.9. The van der Waals surface area contributed by atoms with E-state index in [1.54, 1.807) is 6.07 Å². The van der Waals surface area contributed by atoms with Gasteiger partial charge < -0.3 is 15.6 Å². The predicted octanol–water partition coefficient (Wildman–Crippen LogP) is 2.90. The van der Waals surface area contributed by atoms with Crippen molar-refractivity contribution in [2.75, 3.05) is 7.11 Å². The molecule has 3 N–H and O–H groups in total. The Labute approximate surface area is 122 Å². The van der Waals surface area contributed by atoms with E-state index in [1.165, 1.54) is 13.2 Å². The molecular weight excluding hydrogens is 377 g/mol. The first-order valence-corrected chi connectivity index (χ1v) is 6.04. The first-order valence-electron chi connectivity index (χ1n) is 4.46. The Morgan fingerprint density at radius 2 is 2.12 bits per heavy atom. The number of hydrogen-bond acceptors (Lipinski definition) is 4. The van der Waals surface area contributed by atoms with E-state index in [2.05, 4.69) is 36.6 Å². The lowest BCUT2D eigenvalue weighted by Crippen LogP contribution is -2.17. The van der Waals surface area contributed by atoms with E-state index in [4.69, 9.17) is 5.73 Å². The summed E-state index contributed by atoms with van der Waals surface area (Å²) in [6.07, 6.45) is 0.0181. The molecule has 4 nitrogen and oxygen atoms in total. The first-order chi connectivity index (χ1) is 7.45. The van der Waals surface area contributed by atoms with Crippen LogP contribution in [-0.4, -0.2) is 18.2 Å². The fourth-order valence-electron chi connectivity index (χ4n) is 1.30. The maximum Gasteiger partial charge on any atom is 0.307 e. The Bertz CT molecular complexity index is 392. The largest absolute Gasteiger partial charge is 0.508 e. The summed E-state index contributed by atoms with van der Waals surface area (Å²) in [7, 11) is 1.30. The van der Waals surface area contributed by atoms with E-state index in [1.807, 2.05) is 0 Å². The van der Waals surface area contributed by atoms with Crippen molar-refractivity contribution in [2.24, 2.45) is 5.73 Å². The zero-order chi connectivity index (χ0) is 12.3. The molecule has 0 unspecified atom stereocenters. The molecule has 0 aromatic heterocycles. The fourth-order valence-corrected chi connectivity index (χ4v) is 2.80. The number of ether oxygens (including phenoxy) is 1. The van der Waals surface area contributed by atoms with Gasteiger partial charge in [-0.1, -0.05) is 31.9 Å². The summed E-state index contributed by atoms with van der Waals surface area (Å²) in [5.41, 5.74) is 6.31. The average Bonchev–Trinajstić information content (AvgIpc) is 2.15. The number of rotatable bonds is 3. The van der Waals surface area contributed by atoms with Crippen LogP contribution in [0.1, 0.15) is 18.0 Å². The highest BCUT2D eigenvalue weighted by atomic mass is 79.9. The summed E-state index contributed by atoms with van der Waals surface area (Å²) in [5.74, 6) is -0.376. The van der Waals surface area contributed by atoms with Gasteiger partial charge in [0.2, 0.25) is 0 Å². The van der Waals surface area contributed by atoms with E-state index in [9.17, 15) is 9.90 Å². The van der Waals surface area contributed by atoms with Crippen molar-refractivity contribution < 1.29 is 14.6 Å². The molecule has 0 saturated carbocycles. The second kappa shape index (κ2) is 7.20. The zero-order valence-electron chi connectivity index (χ0n) is 8.94. The van der Waals surface area contributed by atoms with Gasteiger partial charge in [-0.2, -0.15) is 0 Å². The van der Waals surface area contributed by atoms with E-state index in [0.717, 1.165) is 4.47 Å². The number of nitrogens with two attached hydrogens (primary N) is 1. The first kappa shape index (κ1) is 16.7. The van der Waals surface area contributed by atoms with Gasteiger partial charge in [-0.05, 0) is 12.1 Å². The average molecular weight is 389 g/mol. The monoisotopic (exact) mass is 387 g/mol. The molecule has 0 spiro atoms. The van der Waals surface area contributed by atoms with Crippen LogP contribution in [0.15, 0.2) is 21.1 Å². The van der Waals surface area contributed by atoms with Gasteiger partial charge in [-0.15, -0.1) is 12.4 Å². The molecule has 0 aliphatic rings. The van der Waals surface area contributed by atoms with E-state index < -0.39 is 12.0 Å². The number of halogens is 3. The molecule has 1 atom stereocenters. The molecular formula is C10H12Br2ClNO3. The summed E-state index contributed by atoms with van der Waals surface area (Å²) < 4.78 is 5.90. The van der Waals surface area contributed by atoms with Crippen molar-refractivity contribution >= 4 is 50.2 Å². The maximum atomic E-state index is 11.1. The normalized spacial score (nSPS) is 11.5. The van der Waals surface area contributed by atoms with Gasteiger partial charge in [0.15, 0.2) is 0 Å². The molecule has 0 radical (unpaired) electrons. The van der Waals surface area contributed by atoms with Crippen molar-refractivity contribution in [1.29, 1.82) is 0 Å². The number of phenolic OH excluding ortho intramolecular Hbond substituents is 1. The highest BCUT2D eigenvalue weighted by Gasteiger charge is 2.18. The number of benzene rings is 1. The van der Waals surface area contributed by atoms with Gasteiger partial charge in [0.1, 0.15) is 5.75 Å². The molecule has 1 aromatic carbocycles. The summed E-state index contributed by atoms with van der Waals surface area (Å²) in [6.45, 7) is 0. The minimum atomic E-state index is -0.602. The summed E-state index contributed by atoms with van der Waals surface area (Å²) >= 11 is 6.53. The number of hydrogen-bond donors (Lipinski definition) is 2. The molecule has 0 aliphatic heterocycles. The Morgan fingerprint density at radius 3 is 2.59 bits per heavy atom. The number of phenols is 1. The Hall–Kier alpha value is -0.300. The van der Waals surface area contributed by atoms with Crippen LogP contribution in [0.2, 0.25) is 0 Å². The third kappa shape index (κ3) is 4.46. The predicted molar refractivity (Wildman–Crippen MR) is 74.3 cm³/mol. The third-order valence-electron chi connectivity index (χ3n) is 2.06. The van der Waals surface area contributed by atoms with Crippen LogP contribution in [0.4, 0.5) is 0 Å². The van der Waals surface area contributed by atoms with Gasteiger partial charge in [0.05, 0.1) is 13.5 Å². The lowest BCUT2D eigenvalue weighted by atomic mass is 10.0. The van der Waals surface area contributed by atoms with Gasteiger partial charge in [-0.3, -0.25) is 4.79 Å². The van der Waals surface area contributed by atoms with E-state index in [-0.39, 0.29) is 24.6 Å². The van der Waals surface area contributed by atoms with Crippen molar-refractivity contribution in [3.63, 3.8) is 0 Å². The fraction of sp³-hybridized carbons (Fsp3) is 0.300. The molecule has 0 aliphatic carbocycles. The molecule has 0 fully saturated rings. The molecule has 1 aromatic rings. The van der Waals surface area contributed by atoms with E-state index in [0.29, 0.717) is 10.0 Å². The topological polar surface area (TPSA) is 72.5 Å². The van der Waals surface area contributed by atoms with Crippen LogP contribution in [0.25, 0.3) is 0 Å². The molecule has 0 bridgehead atoms. The summed E-state index contributed by atoms with van der Waals surface area (Å²) in [5, 5.41) is 9.74. The molecule has 17 heavy (non-hydrogen) atoms. The molecule has 0 saturated heterocycles. The van der Waals surface area contributed by atoms with Gasteiger partial charge in [-0.25, -0.2) is 0 Å². The lowest BCUT2D eigenvalue weighted by Gasteiger charge is -2.14. The number of esters is 1. The van der Waals surface area contributed by atoms with E-state index >= 15 is 0 Å². The number of methoxy groups -OCH3 is 1. The van der Waals surface area contributed by atoms with Gasteiger partial charge >= 0.3 is 5.97 Å². The molecule has 0 amide bonds. The van der Waals surface area contributed by atoms with Crippen molar-refractivity contribution in [3.05, 3.63) is 26.6 Å². The number of carbonyl (C=O) groups excluding carboxylic acids is 1. The maximum absolute atomic E-state index is 11.1. The van der Waals surface area contributed by atoms with Crippen LogP contribution >= 0.6 is 44.3 Å². The van der Waals surface area contributed by atoms with Gasteiger partial charge in [0, 0.05) is 20.6 Å². The second-order valence-electron chi connectivity index (χ2n) is 3.21. The Morgan fingerprint density at radius 1 is 1.53 bits per heavy atom. The molecule has 7 heteroatoms. The second-order valence-corrected chi connectivity index (χ2v) is 4.98. The number of carbonyl (C=O) groups is 1. The van der Waals surface area contributed by atoms with Crippen LogP contribution in [0.5, 0.6) is 5.75 Å². The minimum Gasteiger partial charge on any atom is -0.508 e. The van der Waals surface area contributed by atoms with Crippen molar-refractivity contribution in [2.45, 2.75) is 12.5 Å². The van der Waals surface area contributed by atoms with Crippen molar-refractivity contribution in [3.8, 4) is 5.75 Å². The van der Waals surface area contributed by atoms with Gasteiger partial charge in [0.25, 0.3) is 0 Å². The number of aromatic hydroxyl groups is 1. The SMILES string of the molecule is COC(=O)C[C@@H](N)c1c(O)cc(Br)cc1Br.Cl. The highest BCUT2D eigenvalue weighted by molar-refractivity contribution is 9.11. The standard InChI is InChI=1S/C10H11Br2NO3.ClH/c1-16-9(15)4-7(13)10-6(12)2-5(11)3-8(10)14;/h2-3,7,14H,4,13H2,1H3;1H/t7-;/m1./s1. The quantitative estimate of drug-likeness (QED) is 0.780. The molecule has 0 heterocycles. The lowest BCUT2D eigenvalue weighted by molar-refractivity contribution is -0.141. The highest BCUT2D eigenvalue weighted by Crippen LogP contribution is 2.35. The molecule has 1 rings (SSSR count). The molecule has 96 valence electrons. The van der Waals surface area contributed by atoms with Crippen LogP contribution in [-0.2, 0) is 9.53 Å². The minimum absolute atomic E-state index is 0. The summed E-state index contributed by atoms with van der Waals surface area (Å²) in [4.78, 5) is 11.1. The van der Waals surface area contributed by atoms with Crippen LogP contribution in [0, 0.1) is 0 Å². The van der Waals surface area contributed by atoms with Crippen LogP contribution in [0.3, 0.4) is 0 Å². The Balaban J connectivity index is 0.00000256. The van der Waals surface area contributed by atoms with Crippen molar-refractivity contribution in [1.82, 2.24) is 0 Å².